The molecule has 0 aromatic rings. The monoisotopic (exact) mass is 266 g/mol. The minimum Gasteiger partial charge on any atom is -0.336 e. The summed E-state index contributed by atoms with van der Waals surface area (Å²) in [7, 11) is 0. The van der Waals surface area contributed by atoms with Gasteiger partial charge in [0.2, 0.25) is 0 Å². The summed E-state index contributed by atoms with van der Waals surface area (Å²) in [6.07, 6.45) is 7.02. The minimum absolute atomic E-state index is 0.0121. The van der Waals surface area contributed by atoms with Gasteiger partial charge in [-0.1, -0.05) is 6.42 Å². The average Bonchev–Trinajstić information content (AvgIpc) is 2.38. The topological polar surface area (TPSA) is 49.4 Å². The van der Waals surface area contributed by atoms with Gasteiger partial charge in [-0.15, -0.1) is 0 Å². The molecule has 1 heterocycles. The van der Waals surface area contributed by atoms with E-state index in [1.165, 1.54) is 0 Å². The first-order valence-corrected chi connectivity index (χ1v) is 7.69. The molecule has 0 spiro atoms. The van der Waals surface area contributed by atoms with Crippen molar-refractivity contribution in [2.45, 2.75) is 70.9 Å². The fourth-order valence-corrected chi connectivity index (χ4v) is 3.37. The fourth-order valence-electron chi connectivity index (χ4n) is 3.37. The van der Waals surface area contributed by atoms with Crippen LogP contribution >= 0.6 is 0 Å². The molecule has 108 valence electrons. The lowest BCUT2D eigenvalue weighted by Gasteiger charge is -2.41. The van der Waals surface area contributed by atoms with Gasteiger partial charge in [-0.05, 0) is 46.0 Å². The Labute approximate surface area is 115 Å². The molecule has 2 rings (SSSR count). The van der Waals surface area contributed by atoms with Gasteiger partial charge in [-0.3, -0.25) is 4.79 Å². The summed E-state index contributed by atoms with van der Waals surface area (Å²) in [6.45, 7) is 4.75. The largest absolute Gasteiger partial charge is 0.336 e. The number of hydrogen-bond acceptors (Lipinski definition) is 2. The second-order valence-corrected chi connectivity index (χ2v) is 6.18. The summed E-state index contributed by atoms with van der Waals surface area (Å²) < 4.78 is 0. The number of nitrogens with zero attached hydrogens (tertiary/aromatic N) is 1. The highest BCUT2D eigenvalue weighted by atomic mass is 16.2. The highest BCUT2D eigenvalue weighted by Gasteiger charge is 2.37. The van der Waals surface area contributed by atoms with Gasteiger partial charge in [-0.25, -0.2) is 4.79 Å². The Morgan fingerprint density at radius 1 is 1.21 bits per heavy atom. The summed E-state index contributed by atoms with van der Waals surface area (Å²) in [5.41, 5.74) is 0. The van der Waals surface area contributed by atoms with Crippen molar-refractivity contribution in [2.24, 2.45) is 5.92 Å². The third-order valence-corrected chi connectivity index (χ3v) is 4.29. The summed E-state index contributed by atoms with van der Waals surface area (Å²) in [5, 5.41) is 2.97. The first-order chi connectivity index (χ1) is 9.09. The van der Waals surface area contributed by atoms with Gasteiger partial charge in [0.15, 0.2) is 0 Å². The van der Waals surface area contributed by atoms with Crippen molar-refractivity contribution in [3.05, 3.63) is 0 Å². The summed E-state index contributed by atoms with van der Waals surface area (Å²) in [5.74, 6) is 0.465. The number of carbonyl (C=O) groups is 2. The van der Waals surface area contributed by atoms with Crippen LogP contribution in [0, 0.1) is 5.92 Å². The van der Waals surface area contributed by atoms with Crippen LogP contribution in [0.5, 0.6) is 0 Å². The van der Waals surface area contributed by atoms with E-state index < -0.39 is 0 Å². The average molecular weight is 266 g/mol. The van der Waals surface area contributed by atoms with E-state index in [1.54, 1.807) is 0 Å². The fraction of sp³-hybridized carbons (Fsp3) is 0.867. The number of carbonyl (C=O) groups excluding carboxylic acids is 2. The van der Waals surface area contributed by atoms with E-state index in [-0.39, 0.29) is 24.0 Å². The van der Waals surface area contributed by atoms with Gasteiger partial charge in [0, 0.05) is 31.0 Å². The molecule has 1 saturated heterocycles. The second kappa shape index (κ2) is 6.40. The van der Waals surface area contributed by atoms with Gasteiger partial charge >= 0.3 is 6.03 Å². The molecule has 2 unspecified atom stereocenters. The normalized spacial score (nSPS) is 28.6. The van der Waals surface area contributed by atoms with Gasteiger partial charge in [0.05, 0.1) is 0 Å². The Balaban J connectivity index is 2.06. The van der Waals surface area contributed by atoms with Crippen molar-refractivity contribution >= 4 is 11.8 Å². The van der Waals surface area contributed by atoms with Crippen LogP contribution in [0.15, 0.2) is 0 Å². The van der Waals surface area contributed by atoms with Gasteiger partial charge in [0.25, 0.3) is 0 Å². The molecule has 0 aromatic heterocycles. The number of ketones is 1. The molecule has 0 bridgehead atoms. The maximum atomic E-state index is 12.3. The molecule has 2 aliphatic rings. The molecule has 2 fully saturated rings. The summed E-state index contributed by atoms with van der Waals surface area (Å²) in [6, 6.07) is 0.301. The number of piperidine rings is 1. The number of rotatable bonds is 2. The Morgan fingerprint density at radius 2 is 1.95 bits per heavy atom. The van der Waals surface area contributed by atoms with E-state index in [0.29, 0.717) is 12.2 Å². The molecule has 0 radical (unpaired) electrons. The van der Waals surface area contributed by atoms with Crippen LogP contribution in [0.4, 0.5) is 4.79 Å². The third kappa shape index (κ3) is 3.48. The zero-order chi connectivity index (χ0) is 13.8. The third-order valence-electron chi connectivity index (χ3n) is 4.29. The number of Topliss-reactive ketones (excluding diaryl/α,β-unsaturated/α-hetero) is 1. The molecule has 1 saturated carbocycles. The van der Waals surface area contributed by atoms with Crippen molar-refractivity contribution in [1.82, 2.24) is 10.2 Å². The highest BCUT2D eigenvalue weighted by Crippen LogP contribution is 2.31. The number of urea groups is 1. The van der Waals surface area contributed by atoms with Crippen LogP contribution in [-0.4, -0.2) is 35.3 Å². The van der Waals surface area contributed by atoms with Crippen LogP contribution in [0.1, 0.15) is 58.8 Å². The molecule has 19 heavy (non-hydrogen) atoms. The molecule has 1 N–H and O–H groups in total. The predicted octanol–water partition coefficient (Wildman–Crippen LogP) is 2.72. The lowest BCUT2D eigenvalue weighted by atomic mass is 9.79. The van der Waals surface area contributed by atoms with Crippen molar-refractivity contribution in [3.63, 3.8) is 0 Å². The molecule has 4 heteroatoms. The second-order valence-electron chi connectivity index (χ2n) is 6.18. The lowest BCUT2D eigenvalue weighted by Crippen LogP contribution is -2.54. The van der Waals surface area contributed by atoms with Crippen molar-refractivity contribution < 1.29 is 9.59 Å². The van der Waals surface area contributed by atoms with Crippen molar-refractivity contribution in [2.75, 3.05) is 6.54 Å². The van der Waals surface area contributed by atoms with Crippen molar-refractivity contribution in [3.8, 4) is 0 Å². The van der Waals surface area contributed by atoms with Crippen LogP contribution in [0.25, 0.3) is 0 Å². The zero-order valence-electron chi connectivity index (χ0n) is 12.2. The summed E-state index contributed by atoms with van der Waals surface area (Å²) in [4.78, 5) is 26.3. The Bertz CT molecular complexity index is 341. The number of nitrogens with one attached hydrogen (secondary N) is 1. The van der Waals surface area contributed by atoms with E-state index >= 15 is 0 Å². The number of amides is 2. The maximum absolute atomic E-state index is 12.3. The van der Waals surface area contributed by atoms with E-state index in [2.05, 4.69) is 5.32 Å². The standard InChI is InChI=1S/C15H26N2O2/c1-11(2)16-15(19)17-10-6-5-8-13(17)12-7-3-4-9-14(12)18/h11-13H,3-10H2,1-2H3,(H,16,19). The van der Waals surface area contributed by atoms with Gasteiger partial charge < -0.3 is 10.2 Å². The van der Waals surface area contributed by atoms with Crippen molar-refractivity contribution in [1.29, 1.82) is 0 Å². The smallest absolute Gasteiger partial charge is 0.317 e. The maximum Gasteiger partial charge on any atom is 0.317 e. The molecule has 2 atom stereocenters. The predicted molar refractivity (Wildman–Crippen MR) is 75.0 cm³/mol. The number of hydrogen-bond donors (Lipinski definition) is 1. The summed E-state index contributed by atoms with van der Waals surface area (Å²) >= 11 is 0. The Hall–Kier alpha value is -1.06. The number of likely N-dealkylation sites (tertiary alicyclic amines) is 1. The molecule has 0 aromatic carbocycles. The van der Waals surface area contributed by atoms with Gasteiger partial charge in [-0.2, -0.15) is 0 Å². The molecular weight excluding hydrogens is 240 g/mol. The van der Waals surface area contributed by atoms with Crippen LogP contribution < -0.4 is 5.32 Å². The van der Waals surface area contributed by atoms with Crippen LogP contribution in [0.2, 0.25) is 0 Å². The molecule has 1 aliphatic heterocycles. The quantitative estimate of drug-likeness (QED) is 0.835. The van der Waals surface area contributed by atoms with Crippen LogP contribution in [0.3, 0.4) is 0 Å². The lowest BCUT2D eigenvalue weighted by molar-refractivity contribution is -0.127. The molecule has 4 nitrogen and oxygen atoms in total. The van der Waals surface area contributed by atoms with E-state index in [9.17, 15) is 9.59 Å². The van der Waals surface area contributed by atoms with E-state index in [4.69, 9.17) is 0 Å². The first-order valence-electron chi connectivity index (χ1n) is 7.69. The Kier molecular flexibility index (Phi) is 4.83. The SMILES string of the molecule is CC(C)NC(=O)N1CCCCC1C1CCCCC1=O. The van der Waals surface area contributed by atoms with E-state index in [0.717, 1.165) is 45.1 Å². The minimum atomic E-state index is 0.0121. The molecule has 1 aliphatic carbocycles. The molecule has 2 amide bonds. The van der Waals surface area contributed by atoms with Crippen LogP contribution in [-0.2, 0) is 4.79 Å². The molecular formula is C15H26N2O2. The van der Waals surface area contributed by atoms with Gasteiger partial charge in [0.1, 0.15) is 5.78 Å². The zero-order valence-corrected chi connectivity index (χ0v) is 12.2. The van der Waals surface area contributed by atoms with E-state index in [1.807, 2.05) is 18.7 Å². The first kappa shape index (κ1) is 14.4. The highest BCUT2D eigenvalue weighted by molar-refractivity contribution is 5.83. The Morgan fingerprint density at radius 3 is 2.63 bits per heavy atom.